The van der Waals surface area contributed by atoms with Gasteiger partial charge in [0.05, 0.1) is 23.4 Å². The number of hydrogen-bond acceptors (Lipinski definition) is 5. The molecular weight excluding hydrogens is 298 g/mol. The number of rotatable bonds is 5. The van der Waals surface area contributed by atoms with Crippen LogP contribution in [0.5, 0.6) is 5.75 Å². The molecule has 0 aliphatic heterocycles. The molecule has 0 saturated heterocycles. The van der Waals surface area contributed by atoms with Crippen LogP contribution in [0.25, 0.3) is 0 Å². The van der Waals surface area contributed by atoms with Crippen molar-refractivity contribution in [3.63, 3.8) is 0 Å². The molecule has 0 aliphatic carbocycles. The zero-order chi connectivity index (χ0) is 16.8. The summed E-state index contributed by atoms with van der Waals surface area (Å²) in [5.41, 5.74) is 1.90. The average Bonchev–Trinajstić information content (AvgIpc) is 2.53. The second-order valence-electron chi connectivity index (χ2n) is 4.67. The van der Waals surface area contributed by atoms with Gasteiger partial charge in [-0.25, -0.2) is 0 Å². The summed E-state index contributed by atoms with van der Waals surface area (Å²) in [5.74, 6) is 0.328. The van der Waals surface area contributed by atoms with E-state index in [0.29, 0.717) is 17.1 Å². The molecule has 1 N–H and O–H groups in total. The molecule has 0 saturated carbocycles. The Bertz CT molecular complexity index is 754. The zero-order valence-electron chi connectivity index (χ0n) is 12.6. The van der Waals surface area contributed by atoms with Crippen molar-refractivity contribution in [2.75, 3.05) is 12.4 Å². The highest BCUT2D eigenvalue weighted by atomic mass is 16.6. The molecule has 0 atom stereocenters. The highest BCUT2D eigenvalue weighted by Crippen LogP contribution is 2.29. The second kappa shape index (κ2) is 7.17. The predicted molar refractivity (Wildman–Crippen MR) is 87.6 cm³/mol. The van der Waals surface area contributed by atoms with Crippen LogP contribution in [0.1, 0.15) is 12.5 Å². The number of benzene rings is 2. The summed E-state index contributed by atoms with van der Waals surface area (Å²) >= 11 is 0. The molecule has 0 bridgehead atoms. The van der Waals surface area contributed by atoms with Gasteiger partial charge in [0.2, 0.25) is 5.91 Å². The minimum atomic E-state index is -0.454. The molecule has 0 unspecified atom stereocenters. The first-order chi connectivity index (χ1) is 11.0. The van der Waals surface area contributed by atoms with E-state index in [1.807, 2.05) is 0 Å². The summed E-state index contributed by atoms with van der Waals surface area (Å²) in [6.45, 7) is 1.41. The summed E-state index contributed by atoms with van der Waals surface area (Å²) in [5, 5.41) is 13.3. The van der Waals surface area contributed by atoms with Crippen molar-refractivity contribution in [3.8, 4) is 5.75 Å². The van der Waals surface area contributed by atoms with Crippen molar-refractivity contribution in [2.45, 2.75) is 6.92 Å². The number of nitrogens with one attached hydrogen (secondary N) is 1. The molecular formula is C16H15N3O4. The first-order valence-corrected chi connectivity index (χ1v) is 6.74. The Morgan fingerprint density at radius 3 is 2.52 bits per heavy atom. The van der Waals surface area contributed by atoms with Gasteiger partial charge < -0.3 is 10.1 Å². The SMILES string of the molecule is COc1ccc(/N=C/c2ccc([N+](=O)[O-])cc2)cc1NC(C)=O. The molecule has 23 heavy (non-hydrogen) atoms. The van der Waals surface area contributed by atoms with Crippen LogP contribution in [0.3, 0.4) is 0 Å². The average molecular weight is 313 g/mol. The maximum atomic E-state index is 11.2. The van der Waals surface area contributed by atoms with Crippen molar-refractivity contribution in [1.82, 2.24) is 0 Å². The molecule has 2 aromatic rings. The van der Waals surface area contributed by atoms with E-state index in [1.54, 1.807) is 36.5 Å². The van der Waals surface area contributed by atoms with E-state index in [4.69, 9.17) is 4.74 Å². The molecule has 1 amide bonds. The van der Waals surface area contributed by atoms with Crippen LogP contribution in [-0.4, -0.2) is 24.2 Å². The monoisotopic (exact) mass is 313 g/mol. The Kier molecular flexibility index (Phi) is 5.03. The van der Waals surface area contributed by atoms with Gasteiger partial charge in [-0.2, -0.15) is 0 Å². The molecule has 7 nitrogen and oxygen atoms in total. The fourth-order valence-electron chi connectivity index (χ4n) is 1.89. The normalized spacial score (nSPS) is 10.5. The van der Waals surface area contributed by atoms with E-state index >= 15 is 0 Å². The van der Waals surface area contributed by atoms with E-state index in [9.17, 15) is 14.9 Å². The number of ether oxygens (including phenoxy) is 1. The third kappa shape index (κ3) is 4.37. The van der Waals surface area contributed by atoms with Crippen LogP contribution >= 0.6 is 0 Å². The lowest BCUT2D eigenvalue weighted by atomic mass is 10.2. The third-order valence-corrected chi connectivity index (χ3v) is 2.96. The van der Waals surface area contributed by atoms with Gasteiger partial charge in [0, 0.05) is 25.3 Å². The molecule has 0 fully saturated rings. The summed E-state index contributed by atoms with van der Waals surface area (Å²) in [6, 6.07) is 11.2. The molecule has 0 radical (unpaired) electrons. The molecule has 0 heterocycles. The number of carbonyl (C=O) groups is 1. The van der Waals surface area contributed by atoms with Crippen LogP contribution in [0.4, 0.5) is 17.1 Å². The number of hydrogen-bond donors (Lipinski definition) is 1. The van der Waals surface area contributed by atoms with Crippen molar-refractivity contribution in [2.24, 2.45) is 4.99 Å². The highest BCUT2D eigenvalue weighted by molar-refractivity contribution is 5.91. The van der Waals surface area contributed by atoms with E-state index in [1.165, 1.54) is 26.2 Å². The molecule has 2 rings (SSSR count). The van der Waals surface area contributed by atoms with Crippen molar-refractivity contribution < 1.29 is 14.5 Å². The lowest BCUT2D eigenvalue weighted by molar-refractivity contribution is -0.384. The van der Waals surface area contributed by atoms with Crippen LogP contribution in [-0.2, 0) is 4.79 Å². The second-order valence-corrected chi connectivity index (χ2v) is 4.67. The van der Waals surface area contributed by atoms with Gasteiger partial charge in [0.1, 0.15) is 5.75 Å². The van der Waals surface area contributed by atoms with Crippen molar-refractivity contribution >= 4 is 29.2 Å². The Morgan fingerprint density at radius 1 is 1.26 bits per heavy atom. The Morgan fingerprint density at radius 2 is 1.96 bits per heavy atom. The highest BCUT2D eigenvalue weighted by Gasteiger charge is 2.06. The molecule has 7 heteroatoms. The van der Waals surface area contributed by atoms with Gasteiger partial charge in [0.25, 0.3) is 5.69 Å². The van der Waals surface area contributed by atoms with Crippen LogP contribution in [0.15, 0.2) is 47.5 Å². The third-order valence-electron chi connectivity index (χ3n) is 2.96. The summed E-state index contributed by atoms with van der Waals surface area (Å²) in [7, 11) is 1.51. The lowest BCUT2D eigenvalue weighted by Gasteiger charge is -2.09. The molecule has 0 aliphatic rings. The van der Waals surface area contributed by atoms with Gasteiger partial charge in [-0.1, -0.05) is 0 Å². The quantitative estimate of drug-likeness (QED) is 0.520. The number of carbonyl (C=O) groups excluding carboxylic acids is 1. The maximum Gasteiger partial charge on any atom is 0.269 e. The number of anilines is 1. The van der Waals surface area contributed by atoms with Crippen LogP contribution in [0, 0.1) is 10.1 Å². The summed E-state index contributed by atoms with van der Waals surface area (Å²) < 4.78 is 5.17. The topological polar surface area (TPSA) is 93.8 Å². The first-order valence-electron chi connectivity index (χ1n) is 6.74. The Balaban J connectivity index is 2.21. The smallest absolute Gasteiger partial charge is 0.269 e. The molecule has 118 valence electrons. The minimum absolute atomic E-state index is 0.0274. The molecule has 0 spiro atoms. The minimum Gasteiger partial charge on any atom is -0.495 e. The Labute approximate surface area is 132 Å². The number of methoxy groups -OCH3 is 1. The van der Waals surface area contributed by atoms with Crippen molar-refractivity contribution in [3.05, 3.63) is 58.1 Å². The largest absolute Gasteiger partial charge is 0.495 e. The predicted octanol–water partition coefficient (Wildman–Crippen LogP) is 3.31. The number of nitro groups is 1. The summed E-state index contributed by atoms with van der Waals surface area (Å²) in [4.78, 5) is 25.6. The number of amides is 1. The van der Waals surface area contributed by atoms with E-state index in [0.717, 1.165) is 5.56 Å². The van der Waals surface area contributed by atoms with Gasteiger partial charge in [0.15, 0.2) is 0 Å². The van der Waals surface area contributed by atoms with E-state index in [2.05, 4.69) is 10.3 Å². The summed E-state index contributed by atoms with van der Waals surface area (Å²) in [6.07, 6.45) is 1.59. The molecule has 0 aromatic heterocycles. The fraction of sp³-hybridized carbons (Fsp3) is 0.125. The van der Waals surface area contributed by atoms with Crippen LogP contribution < -0.4 is 10.1 Å². The number of aliphatic imine (C=N–C) groups is 1. The lowest BCUT2D eigenvalue weighted by Crippen LogP contribution is -2.06. The van der Waals surface area contributed by atoms with E-state index in [-0.39, 0.29) is 11.6 Å². The number of non-ortho nitro benzene ring substituents is 1. The van der Waals surface area contributed by atoms with Gasteiger partial charge >= 0.3 is 0 Å². The zero-order valence-corrected chi connectivity index (χ0v) is 12.6. The first kappa shape index (κ1) is 16.2. The van der Waals surface area contributed by atoms with Gasteiger partial charge in [-0.3, -0.25) is 19.9 Å². The molecule has 2 aromatic carbocycles. The van der Waals surface area contributed by atoms with Crippen molar-refractivity contribution in [1.29, 1.82) is 0 Å². The van der Waals surface area contributed by atoms with Crippen LogP contribution in [0.2, 0.25) is 0 Å². The van der Waals surface area contributed by atoms with E-state index < -0.39 is 4.92 Å². The number of nitro benzene ring substituents is 1. The maximum absolute atomic E-state index is 11.2. The fourth-order valence-corrected chi connectivity index (χ4v) is 1.89. The number of nitrogens with zero attached hydrogens (tertiary/aromatic N) is 2. The van der Waals surface area contributed by atoms with Gasteiger partial charge in [-0.15, -0.1) is 0 Å². The van der Waals surface area contributed by atoms with Gasteiger partial charge in [-0.05, 0) is 35.9 Å². The standard InChI is InChI=1S/C16H15N3O4/c1-11(20)18-15-9-13(5-8-16(15)23-2)17-10-12-3-6-14(7-4-12)19(21)22/h3-10H,1-2H3,(H,18,20)/b17-10+. The Hall–Kier alpha value is -3.22.